The highest BCUT2D eigenvalue weighted by Crippen LogP contribution is 2.35. The lowest BCUT2D eigenvalue weighted by Gasteiger charge is -2.49. The molecule has 0 saturated carbocycles. The van der Waals surface area contributed by atoms with Gasteiger partial charge in [0, 0.05) is 6.04 Å². The van der Waals surface area contributed by atoms with Crippen molar-refractivity contribution in [3.05, 3.63) is 23.8 Å². The van der Waals surface area contributed by atoms with Crippen LogP contribution < -0.4 is 9.47 Å². The molecule has 1 aromatic carbocycles. The Hall–Kier alpha value is -1.26. The monoisotopic (exact) mass is 277 g/mol. The first-order valence-electron chi connectivity index (χ1n) is 7.36. The minimum atomic E-state index is -0.214. The third-order valence-corrected chi connectivity index (χ3v) is 4.84. The van der Waals surface area contributed by atoms with Crippen LogP contribution in [0.3, 0.4) is 0 Å². The van der Waals surface area contributed by atoms with Crippen LogP contribution in [-0.4, -0.2) is 49.5 Å². The maximum Gasteiger partial charge on any atom is 0.122 e. The summed E-state index contributed by atoms with van der Waals surface area (Å²) < 4.78 is 10.7. The summed E-state index contributed by atoms with van der Waals surface area (Å²) in [5.74, 6) is 2.19. The Morgan fingerprint density at radius 1 is 1.20 bits per heavy atom. The van der Waals surface area contributed by atoms with Crippen molar-refractivity contribution < 1.29 is 14.6 Å². The van der Waals surface area contributed by atoms with E-state index in [4.69, 9.17) is 9.47 Å². The lowest BCUT2D eigenvalue weighted by atomic mass is 9.78. The largest absolute Gasteiger partial charge is 0.497 e. The number of piperidine rings is 3. The number of hydrogen-bond donors (Lipinski definition) is 1. The van der Waals surface area contributed by atoms with Gasteiger partial charge < -0.3 is 14.6 Å². The number of aliphatic hydroxyl groups is 1. The van der Waals surface area contributed by atoms with Gasteiger partial charge in [0.05, 0.1) is 20.3 Å². The van der Waals surface area contributed by atoms with E-state index in [1.807, 2.05) is 18.2 Å². The molecule has 2 unspecified atom stereocenters. The highest BCUT2D eigenvalue weighted by atomic mass is 16.5. The van der Waals surface area contributed by atoms with Crippen LogP contribution in [0.5, 0.6) is 11.5 Å². The van der Waals surface area contributed by atoms with Gasteiger partial charge in [-0.1, -0.05) is 0 Å². The molecule has 4 rings (SSSR count). The summed E-state index contributed by atoms with van der Waals surface area (Å²) >= 11 is 0. The summed E-state index contributed by atoms with van der Waals surface area (Å²) in [6.07, 6.45) is 2.87. The Balaban J connectivity index is 1.83. The number of fused-ring (bicyclic) bond motifs is 3. The molecule has 0 aromatic heterocycles. The number of aliphatic hydroxyl groups excluding tert-OH is 1. The van der Waals surface area contributed by atoms with E-state index >= 15 is 0 Å². The van der Waals surface area contributed by atoms with Gasteiger partial charge in [0.1, 0.15) is 11.5 Å². The topological polar surface area (TPSA) is 41.9 Å². The van der Waals surface area contributed by atoms with Crippen LogP contribution >= 0.6 is 0 Å². The zero-order chi connectivity index (χ0) is 14.1. The maximum absolute atomic E-state index is 10.5. The summed E-state index contributed by atoms with van der Waals surface area (Å²) in [6.45, 7) is 2.22. The number of methoxy groups -OCH3 is 2. The minimum Gasteiger partial charge on any atom is -0.497 e. The molecule has 20 heavy (non-hydrogen) atoms. The smallest absolute Gasteiger partial charge is 0.122 e. The van der Waals surface area contributed by atoms with Crippen molar-refractivity contribution in [2.45, 2.75) is 31.4 Å². The molecule has 4 nitrogen and oxygen atoms in total. The fourth-order valence-electron chi connectivity index (χ4n) is 3.64. The molecule has 3 heterocycles. The third kappa shape index (κ3) is 2.38. The number of nitrogens with zero attached hydrogens (tertiary/aromatic N) is 1. The number of benzene rings is 1. The first-order chi connectivity index (χ1) is 9.72. The molecule has 2 bridgehead atoms. The van der Waals surface area contributed by atoms with Crippen LogP contribution in [0.15, 0.2) is 18.2 Å². The standard InChI is InChI=1S/C16H23NO3/c1-19-13-3-4-15(20-2)12(9-13)10-14-16(18)11-5-7-17(14)8-6-11/h3-4,9,11,14,16,18H,5-8,10H2,1-2H3. The summed E-state index contributed by atoms with van der Waals surface area (Å²) in [7, 11) is 3.36. The summed E-state index contributed by atoms with van der Waals surface area (Å²) in [6, 6.07) is 6.08. The number of hydrogen-bond acceptors (Lipinski definition) is 4. The Morgan fingerprint density at radius 2 is 1.95 bits per heavy atom. The Bertz CT molecular complexity index is 467. The van der Waals surface area contributed by atoms with Crippen molar-refractivity contribution in [2.75, 3.05) is 27.3 Å². The SMILES string of the molecule is COc1ccc(OC)c(CC2C(O)C3CCN2CC3)c1. The molecule has 0 radical (unpaired) electrons. The first kappa shape index (κ1) is 13.7. The van der Waals surface area contributed by atoms with Gasteiger partial charge in [0.15, 0.2) is 0 Å². The van der Waals surface area contributed by atoms with Gasteiger partial charge in [0.2, 0.25) is 0 Å². The van der Waals surface area contributed by atoms with Gasteiger partial charge in [-0.15, -0.1) is 0 Å². The van der Waals surface area contributed by atoms with E-state index in [9.17, 15) is 5.11 Å². The van der Waals surface area contributed by atoms with E-state index in [0.717, 1.165) is 49.4 Å². The van der Waals surface area contributed by atoms with Gasteiger partial charge in [-0.2, -0.15) is 0 Å². The number of ether oxygens (including phenoxy) is 2. The lowest BCUT2D eigenvalue weighted by molar-refractivity contribution is -0.0716. The number of rotatable bonds is 4. The van der Waals surface area contributed by atoms with Crippen molar-refractivity contribution in [2.24, 2.45) is 5.92 Å². The predicted octanol–water partition coefficient (Wildman–Crippen LogP) is 1.70. The Labute approximate surface area is 120 Å². The molecular weight excluding hydrogens is 254 g/mol. The van der Waals surface area contributed by atoms with Crippen LogP contribution in [0.25, 0.3) is 0 Å². The fourth-order valence-corrected chi connectivity index (χ4v) is 3.64. The Morgan fingerprint density at radius 3 is 2.55 bits per heavy atom. The zero-order valence-corrected chi connectivity index (χ0v) is 12.2. The highest BCUT2D eigenvalue weighted by molar-refractivity contribution is 5.41. The highest BCUT2D eigenvalue weighted by Gasteiger charge is 2.41. The molecule has 2 atom stereocenters. The second-order valence-corrected chi connectivity index (χ2v) is 5.81. The molecule has 3 aliphatic heterocycles. The summed E-state index contributed by atoms with van der Waals surface area (Å²) in [5, 5.41) is 10.5. The maximum atomic E-state index is 10.5. The van der Waals surface area contributed by atoms with Gasteiger partial charge >= 0.3 is 0 Å². The van der Waals surface area contributed by atoms with Crippen LogP contribution in [0, 0.1) is 5.92 Å². The van der Waals surface area contributed by atoms with E-state index < -0.39 is 0 Å². The van der Waals surface area contributed by atoms with Gasteiger partial charge in [-0.05, 0) is 62.0 Å². The molecule has 110 valence electrons. The molecule has 1 aromatic rings. The zero-order valence-electron chi connectivity index (χ0n) is 12.2. The second-order valence-electron chi connectivity index (χ2n) is 5.81. The average Bonchev–Trinajstić information content (AvgIpc) is 2.51. The van der Waals surface area contributed by atoms with Crippen LogP contribution in [0.2, 0.25) is 0 Å². The fraction of sp³-hybridized carbons (Fsp3) is 0.625. The van der Waals surface area contributed by atoms with Crippen molar-refractivity contribution in [1.82, 2.24) is 4.90 Å². The Kier molecular flexibility index (Phi) is 3.85. The van der Waals surface area contributed by atoms with E-state index in [2.05, 4.69) is 4.90 Å². The average molecular weight is 277 g/mol. The van der Waals surface area contributed by atoms with Crippen molar-refractivity contribution in [3.8, 4) is 11.5 Å². The van der Waals surface area contributed by atoms with Crippen molar-refractivity contribution in [1.29, 1.82) is 0 Å². The molecule has 4 heteroatoms. The predicted molar refractivity (Wildman–Crippen MR) is 77.3 cm³/mol. The van der Waals surface area contributed by atoms with Crippen LogP contribution in [0.4, 0.5) is 0 Å². The first-order valence-corrected chi connectivity index (χ1v) is 7.36. The lowest BCUT2D eigenvalue weighted by Crippen LogP contribution is -2.58. The molecule has 0 amide bonds. The molecule has 3 aliphatic rings. The quantitative estimate of drug-likeness (QED) is 0.909. The molecule has 3 fully saturated rings. The third-order valence-electron chi connectivity index (χ3n) is 4.84. The van der Waals surface area contributed by atoms with Crippen molar-refractivity contribution >= 4 is 0 Å². The van der Waals surface area contributed by atoms with E-state index in [0.29, 0.717) is 5.92 Å². The van der Waals surface area contributed by atoms with Crippen LogP contribution in [0.1, 0.15) is 18.4 Å². The van der Waals surface area contributed by atoms with Gasteiger partial charge in [-0.25, -0.2) is 0 Å². The molecule has 0 spiro atoms. The van der Waals surface area contributed by atoms with E-state index in [1.54, 1.807) is 14.2 Å². The van der Waals surface area contributed by atoms with Gasteiger partial charge in [0.25, 0.3) is 0 Å². The van der Waals surface area contributed by atoms with Crippen LogP contribution in [-0.2, 0) is 6.42 Å². The molecule has 3 saturated heterocycles. The molecular formula is C16H23NO3. The van der Waals surface area contributed by atoms with Crippen molar-refractivity contribution in [3.63, 3.8) is 0 Å². The van der Waals surface area contributed by atoms with E-state index in [1.165, 1.54) is 0 Å². The minimum absolute atomic E-state index is 0.212. The molecule has 1 N–H and O–H groups in total. The normalized spacial score (nSPS) is 32.1. The summed E-state index contributed by atoms with van der Waals surface area (Å²) in [5.41, 5.74) is 1.11. The van der Waals surface area contributed by atoms with E-state index in [-0.39, 0.29) is 12.1 Å². The van der Waals surface area contributed by atoms with Gasteiger partial charge in [-0.3, -0.25) is 4.90 Å². The second kappa shape index (κ2) is 5.62. The summed E-state index contributed by atoms with van der Waals surface area (Å²) in [4.78, 5) is 2.42. The molecule has 0 aliphatic carbocycles.